The molecule has 0 spiro atoms. The minimum atomic E-state index is -3.37. The van der Waals surface area contributed by atoms with Crippen LogP contribution in [-0.4, -0.2) is 44.6 Å². The highest BCUT2D eigenvalue weighted by Crippen LogP contribution is 2.25. The molecule has 0 aliphatic heterocycles. The van der Waals surface area contributed by atoms with E-state index in [9.17, 15) is 13.2 Å². The van der Waals surface area contributed by atoms with E-state index in [2.05, 4.69) is 5.32 Å². The largest absolute Gasteiger partial charge is 0.491 e. The number of sulfonamides is 1. The third-order valence-electron chi connectivity index (χ3n) is 3.06. The Morgan fingerprint density at radius 3 is 2.41 bits per heavy atom. The summed E-state index contributed by atoms with van der Waals surface area (Å²) in [5, 5.41) is 2.79. The number of para-hydroxylation sites is 1. The molecule has 0 fully saturated rings. The number of carbonyl (C=O) groups is 1. The van der Waals surface area contributed by atoms with Crippen molar-refractivity contribution < 1.29 is 17.9 Å². The van der Waals surface area contributed by atoms with Gasteiger partial charge >= 0.3 is 0 Å². The summed E-state index contributed by atoms with van der Waals surface area (Å²) in [6.07, 6.45) is 1.09. The first-order valence-electron chi connectivity index (χ1n) is 7.07. The van der Waals surface area contributed by atoms with Gasteiger partial charge < -0.3 is 10.1 Å². The van der Waals surface area contributed by atoms with Crippen molar-refractivity contribution in [2.75, 3.05) is 19.8 Å². The maximum absolute atomic E-state index is 12.0. The Morgan fingerprint density at radius 2 is 1.86 bits per heavy atom. The number of benzene rings is 1. The highest BCUT2D eigenvalue weighted by atomic mass is 32.2. The van der Waals surface area contributed by atoms with Crippen LogP contribution in [-0.2, 0) is 14.8 Å². The summed E-state index contributed by atoms with van der Waals surface area (Å²) < 4.78 is 29.4. The maximum atomic E-state index is 12.0. The molecule has 6 nitrogen and oxygen atoms in total. The van der Waals surface area contributed by atoms with E-state index in [-0.39, 0.29) is 24.6 Å². The molecule has 1 aromatic rings. The zero-order valence-electron chi connectivity index (χ0n) is 13.7. The highest BCUT2D eigenvalue weighted by Gasteiger charge is 2.18. The first-order chi connectivity index (χ1) is 10.1. The Bertz CT molecular complexity index is 614. The lowest BCUT2D eigenvalue weighted by molar-refractivity contribution is -0.121. The van der Waals surface area contributed by atoms with E-state index >= 15 is 0 Å². The second-order valence-electron chi connectivity index (χ2n) is 5.51. The molecule has 0 heterocycles. The standard InChI is InChI=1S/C15H24N2O4S/c1-11(2)21-14-9-7-6-8-13(14)12(3)16-15(18)10-17(4)22(5,19)20/h6-9,11-12H,10H2,1-5H3,(H,16,18)/t12-/m1/s1. The van der Waals surface area contributed by atoms with Gasteiger partial charge in [0.1, 0.15) is 5.75 Å². The molecule has 1 amide bonds. The topological polar surface area (TPSA) is 75.7 Å². The van der Waals surface area contributed by atoms with E-state index in [4.69, 9.17) is 4.74 Å². The zero-order chi connectivity index (χ0) is 16.9. The molecule has 7 heteroatoms. The van der Waals surface area contributed by atoms with Gasteiger partial charge in [-0.25, -0.2) is 8.42 Å². The van der Waals surface area contributed by atoms with E-state index in [1.54, 1.807) is 0 Å². The summed E-state index contributed by atoms with van der Waals surface area (Å²) >= 11 is 0. The van der Waals surface area contributed by atoms with Gasteiger partial charge in [-0.1, -0.05) is 18.2 Å². The Labute approximate surface area is 132 Å². The number of hydrogen-bond acceptors (Lipinski definition) is 4. The molecule has 0 radical (unpaired) electrons. The highest BCUT2D eigenvalue weighted by molar-refractivity contribution is 7.88. The van der Waals surface area contributed by atoms with Gasteiger partial charge in [0.2, 0.25) is 15.9 Å². The van der Waals surface area contributed by atoms with E-state index in [1.165, 1.54) is 7.05 Å². The van der Waals surface area contributed by atoms with Crippen molar-refractivity contribution in [1.29, 1.82) is 0 Å². The molecule has 0 saturated heterocycles. The van der Waals surface area contributed by atoms with E-state index < -0.39 is 10.0 Å². The molecule has 22 heavy (non-hydrogen) atoms. The molecule has 1 rings (SSSR count). The molecule has 0 aromatic heterocycles. The molecule has 124 valence electrons. The molecule has 0 bridgehead atoms. The summed E-state index contributed by atoms with van der Waals surface area (Å²) in [4.78, 5) is 12.0. The van der Waals surface area contributed by atoms with E-state index in [0.717, 1.165) is 16.1 Å². The van der Waals surface area contributed by atoms with Crippen LogP contribution in [0.4, 0.5) is 0 Å². The van der Waals surface area contributed by atoms with Crippen molar-refractivity contribution >= 4 is 15.9 Å². The Balaban J connectivity index is 2.77. The first kappa shape index (κ1) is 18.4. The van der Waals surface area contributed by atoms with E-state index in [0.29, 0.717) is 5.75 Å². The van der Waals surface area contributed by atoms with E-state index in [1.807, 2.05) is 45.0 Å². The minimum Gasteiger partial charge on any atom is -0.491 e. The number of carbonyl (C=O) groups excluding carboxylic acids is 1. The predicted octanol–water partition coefficient (Wildman–Crippen LogP) is 1.54. The van der Waals surface area contributed by atoms with Crippen LogP contribution in [0.5, 0.6) is 5.75 Å². The van der Waals surface area contributed by atoms with Crippen molar-refractivity contribution in [3.8, 4) is 5.75 Å². The Kier molecular flexibility index (Phi) is 6.37. The van der Waals surface area contributed by atoms with Crippen LogP contribution >= 0.6 is 0 Å². The van der Waals surface area contributed by atoms with Gasteiger partial charge in [0.05, 0.1) is 24.9 Å². The van der Waals surface area contributed by atoms with Gasteiger partial charge in [-0.15, -0.1) is 0 Å². The zero-order valence-corrected chi connectivity index (χ0v) is 14.5. The lowest BCUT2D eigenvalue weighted by Gasteiger charge is -2.21. The Hall–Kier alpha value is -1.60. The van der Waals surface area contributed by atoms with Crippen molar-refractivity contribution in [1.82, 2.24) is 9.62 Å². The third-order valence-corrected chi connectivity index (χ3v) is 4.32. The van der Waals surface area contributed by atoms with Gasteiger partial charge in [-0.05, 0) is 26.8 Å². The normalized spacial score (nSPS) is 13.2. The van der Waals surface area contributed by atoms with Crippen LogP contribution in [0.15, 0.2) is 24.3 Å². The van der Waals surface area contributed by atoms with Gasteiger partial charge in [-0.3, -0.25) is 4.79 Å². The molecule has 1 N–H and O–H groups in total. The molecule has 1 aromatic carbocycles. The van der Waals surface area contributed by atoms with Crippen LogP contribution in [0, 0.1) is 0 Å². The number of ether oxygens (including phenoxy) is 1. The van der Waals surface area contributed by atoms with Crippen LogP contribution in [0.1, 0.15) is 32.4 Å². The number of amides is 1. The third kappa shape index (κ3) is 5.65. The second-order valence-corrected chi connectivity index (χ2v) is 7.60. The monoisotopic (exact) mass is 328 g/mol. The molecular formula is C15H24N2O4S. The lowest BCUT2D eigenvalue weighted by atomic mass is 10.1. The number of hydrogen-bond donors (Lipinski definition) is 1. The fraction of sp³-hybridized carbons (Fsp3) is 0.533. The van der Waals surface area contributed by atoms with Crippen LogP contribution < -0.4 is 10.1 Å². The van der Waals surface area contributed by atoms with Crippen LogP contribution in [0.3, 0.4) is 0 Å². The number of nitrogens with one attached hydrogen (secondary N) is 1. The fourth-order valence-corrected chi connectivity index (χ4v) is 2.24. The summed E-state index contributed by atoms with van der Waals surface area (Å²) in [6.45, 7) is 5.49. The van der Waals surface area contributed by atoms with Gasteiger partial charge in [0.15, 0.2) is 0 Å². The molecule has 1 atom stereocenters. The predicted molar refractivity (Wildman–Crippen MR) is 86.2 cm³/mol. The molecule has 0 aliphatic carbocycles. The average molecular weight is 328 g/mol. The lowest BCUT2D eigenvalue weighted by Crippen LogP contribution is -2.38. The van der Waals surface area contributed by atoms with Crippen LogP contribution in [0.2, 0.25) is 0 Å². The minimum absolute atomic E-state index is 0.0282. The summed E-state index contributed by atoms with van der Waals surface area (Å²) in [7, 11) is -2.00. The summed E-state index contributed by atoms with van der Waals surface area (Å²) in [5.41, 5.74) is 0.853. The van der Waals surface area contributed by atoms with Gasteiger partial charge in [0.25, 0.3) is 0 Å². The number of nitrogens with zero attached hydrogens (tertiary/aromatic N) is 1. The van der Waals surface area contributed by atoms with Crippen molar-refractivity contribution in [2.24, 2.45) is 0 Å². The van der Waals surface area contributed by atoms with Gasteiger partial charge in [0, 0.05) is 12.6 Å². The van der Waals surface area contributed by atoms with Crippen LogP contribution in [0.25, 0.3) is 0 Å². The molecular weight excluding hydrogens is 304 g/mol. The fourth-order valence-electron chi connectivity index (χ4n) is 1.88. The quantitative estimate of drug-likeness (QED) is 0.824. The van der Waals surface area contributed by atoms with Crippen molar-refractivity contribution in [3.63, 3.8) is 0 Å². The van der Waals surface area contributed by atoms with Gasteiger partial charge in [-0.2, -0.15) is 4.31 Å². The first-order valence-corrected chi connectivity index (χ1v) is 8.92. The summed E-state index contributed by atoms with van der Waals surface area (Å²) in [5.74, 6) is 0.349. The smallest absolute Gasteiger partial charge is 0.235 e. The molecule has 0 aliphatic rings. The summed E-state index contributed by atoms with van der Waals surface area (Å²) in [6, 6.07) is 7.18. The maximum Gasteiger partial charge on any atom is 0.235 e. The molecule has 0 unspecified atom stereocenters. The molecule has 0 saturated carbocycles. The number of rotatable bonds is 7. The second kappa shape index (κ2) is 7.60. The average Bonchev–Trinajstić information content (AvgIpc) is 2.37. The Morgan fingerprint density at radius 1 is 1.27 bits per heavy atom. The van der Waals surface area contributed by atoms with Crippen molar-refractivity contribution in [2.45, 2.75) is 32.9 Å². The SMILES string of the molecule is CC(C)Oc1ccccc1[C@@H](C)NC(=O)CN(C)S(C)(=O)=O. The van der Waals surface area contributed by atoms with Crippen molar-refractivity contribution in [3.05, 3.63) is 29.8 Å². The number of likely N-dealkylation sites (N-methyl/N-ethyl adjacent to an activating group) is 1.